The second-order valence-electron chi connectivity index (χ2n) is 9.76. The van der Waals surface area contributed by atoms with Crippen molar-refractivity contribution in [3.05, 3.63) is 0 Å². The van der Waals surface area contributed by atoms with Crippen LogP contribution in [0, 0.1) is 0 Å². The fraction of sp³-hybridized carbons (Fsp3) is 0.952. The van der Waals surface area contributed by atoms with Crippen molar-refractivity contribution < 1.29 is 94.9 Å². The van der Waals surface area contributed by atoms with Crippen LogP contribution in [0.15, 0.2) is 0 Å². The molecule has 3 aliphatic rings. The molecule has 3 heterocycles. The Labute approximate surface area is 225 Å². The van der Waals surface area contributed by atoms with E-state index in [4.69, 9.17) is 28.8 Å². The second-order valence-corrected chi connectivity index (χ2v) is 9.76. The molecule has 0 aromatic carbocycles. The van der Waals surface area contributed by atoms with Gasteiger partial charge in [-0.3, -0.25) is 0 Å². The van der Waals surface area contributed by atoms with Gasteiger partial charge in [-0.05, 0) is 0 Å². The first-order valence-corrected chi connectivity index (χ1v) is 12.2. The van der Waals surface area contributed by atoms with Crippen LogP contribution in [0.1, 0.15) is 6.42 Å². The number of ether oxygens (including phenoxy) is 5. The van der Waals surface area contributed by atoms with Crippen molar-refractivity contribution in [2.45, 2.75) is 104 Å². The van der Waals surface area contributed by atoms with Gasteiger partial charge < -0.3 is 90.1 Å². The van der Waals surface area contributed by atoms with Crippen LogP contribution in [0.4, 0.5) is 0 Å². The van der Waals surface area contributed by atoms with Gasteiger partial charge in [-0.25, -0.2) is 4.79 Å². The molecule has 234 valence electrons. The highest BCUT2D eigenvalue weighted by Crippen LogP contribution is 2.38. The minimum absolute atomic E-state index is 0.861. The first-order chi connectivity index (χ1) is 18.7. The highest BCUT2D eigenvalue weighted by Gasteiger charge is 2.59. The van der Waals surface area contributed by atoms with E-state index in [1.165, 1.54) is 0 Å². The molecule has 40 heavy (non-hydrogen) atoms. The molecule has 3 rings (SSSR count). The van der Waals surface area contributed by atoms with Crippen molar-refractivity contribution in [2.75, 3.05) is 19.8 Å². The number of carboxylic acid groups (broad SMARTS) is 1. The van der Waals surface area contributed by atoms with Crippen LogP contribution in [0.5, 0.6) is 0 Å². The van der Waals surface area contributed by atoms with Gasteiger partial charge in [0.1, 0.15) is 73.2 Å². The lowest BCUT2D eigenvalue weighted by Crippen LogP contribution is -2.69. The van der Waals surface area contributed by atoms with Gasteiger partial charge in [-0.15, -0.1) is 0 Å². The summed E-state index contributed by atoms with van der Waals surface area (Å²) in [6.45, 7) is -2.87. The Hall–Kier alpha value is -1.21. The molecular weight excluding hydrogens is 556 g/mol. The van der Waals surface area contributed by atoms with Gasteiger partial charge in [0, 0.05) is 6.42 Å². The van der Waals surface area contributed by atoms with E-state index in [0.29, 0.717) is 0 Å². The van der Waals surface area contributed by atoms with Crippen molar-refractivity contribution in [1.29, 1.82) is 0 Å². The Balaban J connectivity index is 1.90. The minimum atomic E-state index is -3.02. The van der Waals surface area contributed by atoms with Crippen molar-refractivity contribution in [1.82, 2.24) is 0 Å². The maximum Gasteiger partial charge on any atom is 0.364 e. The van der Waals surface area contributed by atoms with Crippen LogP contribution in [0.25, 0.3) is 0 Å². The van der Waals surface area contributed by atoms with Crippen LogP contribution in [-0.2, 0) is 28.5 Å². The van der Waals surface area contributed by atoms with E-state index in [0.717, 1.165) is 0 Å². The third-order valence-electron chi connectivity index (χ3n) is 7.06. The van der Waals surface area contributed by atoms with Crippen molar-refractivity contribution in [3.63, 3.8) is 0 Å². The maximum absolute atomic E-state index is 12.3. The fourth-order valence-corrected chi connectivity index (χ4v) is 4.73. The lowest BCUT2D eigenvalue weighted by Gasteiger charge is -2.49. The molecular formula is C21H36O19. The van der Waals surface area contributed by atoms with Crippen LogP contribution >= 0.6 is 0 Å². The standard InChI is InChI=1S/C21H36O19/c22-2-6(26)10(28)16-9(27)5(25)1-21(39-16,20(34)35)40-17-11(29)7(3-23)37-19(14(17)32)38-15-8(4-24)36-18(33)13(31)12(15)30/h5-19,22-33H,1-4H2,(H,34,35)/t5-,6+,7+,8+,9+,10+,11-,12+,13+,14+,15+,16+,17-,18+,19-,21-/m0/s1. The summed E-state index contributed by atoms with van der Waals surface area (Å²) in [5.74, 6) is -5.00. The molecule has 13 N–H and O–H groups in total. The monoisotopic (exact) mass is 592 g/mol. The summed E-state index contributed by atoms with van der Waals surface area (Å²) >= 11 is 0. The Bertz CT molecular complexity index is 832. The van der Waals surface area contributed by atoms with Crippen LogP contribution in [0.3, 0.4) is 0 Å². The zero-order valence-corrected chi connectivity index (χ0v) is 20.8. The van der Waals surface area contributed by atoms with E-state index in [2.05, 4.69) is 0 Å². The van der Waals surface area contributed by atoms with Gasteiger partial charge in [0.2, 0.25) is 0 Å². The zero-order valence-electron chi connectivity index (χ0n) is 20.8. The van der Waals surface area contributed by atoms with E-state index in [1.54, 1.807) is 0 Å². The molecule has 0 aromatic heterocycles. The largest absolute Gasteiger partial charge is 0.477 e. The first kappa shape index (κ1) is 33.3. The summed E-state index contributed by atoms with van der Waals surface area (Å²) in [6.07, 6.45) is -30.0. The predicted octanol–water partition coefficient (Wildman–Crippen LogP) is -8.37. The minimum Gasteiger partial charge on any atom is -0.477 e. The summed E-state index contributed by atoms with van der Waals surface area (Å²) in [7, 11) is 0. The fourth-order valence-electron chi connectivity index (χ4n) is 4.73. The topological polar surface area (TPSA) is 326 Å². The molecule has 0 amide bonds. The number of aliphatic carboxylic acids is 1. The molecule has 0 aliphatic carbocycles. The summed E-state index contributed by atoms with van der Waals surface area (Å²) in [5, 5.41) is 131. The highest BCUT2D eigenvalue weighted by atomic mass is 16.8. The van der Waals surface area contributed by atoms with E-state index in [9.17, 15) is 66.1 Å². The van der Waals surface area contributed by atoms with E-state index < -0.39 is 130 Å². The average molecular weight is 593 g/mol. The molecule has 0 bridgehead atoms. The number of carboxylic acids is 1. The van der Waals surface area contributed by atoms with Gasteiger partial charge in [-0.1, -0.05) is 0 Å². The number of hydrogen-bond acceptors (Lipinski definition) is 18. The molecule has 3 saturated heterocycles. The molecule has 3 fully saturated rings. The zero-order chi connectivity index (χ0) is 30.1. The van der Waals surface area contributed by atoms with Gasteiger partial charge in [0.05, 0.1) is 25.9 Å². The molecule has 0 unspecified atom stereocenters. The maximum atomic E-state index is 12.3. The van der Waals surface area contributed by atoms with E-state index in [1.807, 2.05) is 0 Å². The van der Waals surface area contributed by atoms with Gasteiger partial charge in [-0.2, -0.15) is 0 Å². The van der Waals surface area contributed by atoms with Crippen molar-refractivity contribution in [2.24, 2.45) is 0 Å². The predicted molar refractivity (Wildman–Crippen MR) is 118 cm³/mol. The molecule has 0 radical (unpaired) electrons. The molecule has 3 aliphatic heterocycles. The van der Waals surface area contributed by atoms with Crippen LogP contribution in [-0.4, -0.2) is 190 Å². The Morgan fingerprint density at radius 1 is 0.825 bits per heavy atom. The first-order valence-electron chi connectivity index (χ1n) is 12.2. The summed E-state index contributed by atoms with van der Waals surface area (Å²) in [5.41, 5.74) is 0. The van der Waals surface area contributed by atoms with Crippen LogP contribution in [0.2, 0.25) is 0 Å². The van der Waals surface area contributed by atoms with Gasteiger partial charge in [0.15, 0.2) is 12.6 Å². The second kappa shape index (κ2) is 13.4. The number of hydrogen-bond donors (Lipinski definition) is 13. The smallest absolute Gasteiger partial charge is 0.364 e. The number of rotatable bonds is 10. The lowest BCUT2D eigenvalue weighted by atomic mass is 9.90. The quantitative estimate of drug-likeness (QED) is 0.112. The lowest BCUT2D eigenvalue weighted by molar-refractivity contribution is -0.389. The summed E-state index contributed by atoms with van der Waals surface area (Å²) in [6, 6.07) is 0. The van der Waals surface area contributed by atoms with Crippen molar-refractivity contribution in [3.8, 4) is 0 Å². The SMILES string of the molecule is O=C(O)[C@@]1(O[C@H]2[C@@H](O)[C@@H](CO)O[C@@H](O[C@H]3[C@H](O)[C@@H](O)[C@H](O)O[C@@H]3CO)[C@@H]2O)C[C@H](O)[C@@H](O)[C@H]([C@H](O)[C@H](O)CO)O1. The highest BCUT2D eigenvalue weighted by molar-refractivity contribution is 5.76. The number of aliphatic hydroxyl groups is 12. The molecule has 0 saturated carbocycles. The summed E-state index contributed by atoms with van der Waals surface area (Å²) < 4.78 is 26.4. The summed E-state index contributed by atoms with van der Waals surface area (Å²) in [4.78, 5) is 12.3. The number of carbonyl (C=O) groups is 1. The van der Waals surface area contributed by atoms with Gasteiger partial charge >= 0.3 is 5.97 Å². The third-order valence-corrected chi connectivity index (χ3v) is 7.06. The van der Waals surface area contributed by atoms with Gasteiger partial charge in [0.25, 0.3) is 5.79 Å². The normalized spacial score (nSPS) is 48.0. The third kappa shape index (κ3) is 6.40. The van der Waals surface area contributed by atoms with Crippen LogP contribution < -0.4 is 0 Å². The van der Waals surface area contributed by atoms with E-state index >= 15 is 0 Å². The van der Waals surface area contributed by atoms with E-state index in [-0.39, 0.29) is 0 Å². The molecule has 19 nitrogen and oxygen atoms in total. The Morgan fingerprint density at radius 3 is 2.00 bits per heavy atom. The average Bonchev–Trinajstić information content (AvgIpc) is 2.93. The molecule has 0 aromatic rings. The van der Waals surface area contributed by atoms with Crippen molar-refractivity contribution >= 4 is 5.97 Å². The Kier molecular flexibility index (Phi) is 11.2. The number of aliphatic hydroxyl groups excluding tert-OH is 12. The molecule has 16 atom stereocenters. The molecule has 19 heteroatoms. The Morgan fingerprint density at radius 2 is 1.45 bits per heavy atom. The molecule has 0 spiro atoms.